The number of carbonyl (C=O) groups is 3. The number of esters is 1. The molecule has 0 heterocycles. The van der Waals surface area contributed by atoms with Crippen LogP contribution in [0.1, 0.15) is 29.8 Å². The van der Waals surface area contributed by atoms with Crippen molar-refractivity contribution < 1.29 is 19.1 Å². The van der Waals surface area contributed by atoms with E-state index < -0.39 is 24.4 Å². The topological polar surface area (TPSA) is 87.7 Å². The number of anilines is 1. The predicted molar refractivity (Wildman–Crippen MR) is 112 cm³/mol. The Morgan fingerprint density at radius 3 is 2.14 bits per heavy atom. The SMILES string of the molecule is CCN(CC)c1ccc(C(=O)NNC(=O)COC(=O)Cc2ccc(Cl)cc2)cc1. The van der Waals surface area contributed by atoms with Gasteiger partial charge in [-0.05, 0) is 55.8 Å². The third kappa shape index (κ3) is 7.12. The number of nitrogens with zero attached hydrogens (tertiary/aromatic N) is 1. The summed E-state index contributed by atoms with van der Waals surface area (Å²) in [4.78, 5) is 37.8. The molecule has 0 atom stereocenters. The number of hydrazine groups is 1. The number of rotatable bonds is 8. The van der Waals surface area contributed by atoms with Gasteiger partial charge in [0.25, 0.3) is 11.8 Å². The van der Waals surface area contributed by atoms with E-state index in [0.29, 0.717) is 10.6 Å². The Labute approximate surface area is 175 Å². The van der Waals surface area contributed by atoms with Crippen LogP contribution in [0.5, 0.6) is 0 Å². The molecule has 0 saturated carbocycles. The van der Waals surface area contributed by atoms with Gasteiger partial charge in [0.05, 0.1) is 6.42 Å². The third-order valence-corrected chi connectivity index (χ3v) is 4.45. The second-order valence-electron chi connectivity index (χ2n) is 6.19. The quantitative estimate of drug-likeness (QED) is 0.509. The molecule has 0 aromatic heterocycles. The number of halogens is 1. The van der Waals surface area contributed by atoms with Crippen LogP contribution in [0.2, 0.25) is 5.02 Å². The van der Waals surface area contributed by atoms with E-state index in [0.717, 1.165) is 24.3 Å². The van der Waals surface area contributed by atoms with Gasteiger partial charge in [-0.3, -0.25) is 25.2 Å². The van der Waals surface area contributed by atoms with Crippen molar-refractivity contribution in [3.63, 3.8) is 0 Å². The maximum absolute atomic E-state index is 12.1. The molecule has 0 saturated heterocycles. The molecule has 0 radical (unpaired) electrons. The number of nitrogens with one attached hydrogen (secondary N) is 2. The van der Waals surface area contributed by atoms with E-state index in [4.69, 9.17) is 16.3 Å². The normalized spacial score (nSPS) is 10.2. The monoisotopic (exact) mass is 417 g/mol. The van der Waals surface area contributed by atoms with Crippen molar-refractivity contribution in [1.29, 1.82) is 0 Å². The zero-order valence-corrected chi connectivity index (χ0v) is 17.2. The van der Waals surface area contributed by atoms with E-state index in [1.54, 1.807) is 36.4 Å². The zero-order valence-electron chi connectivity index (χ0n) is 16.4. The van der Waals surface area contributed by atoms with E-state index in [1.165, 1.54) is 0 Å². The molecule has 154 valence electrons. The second kappa shape index (κ2) is 11.1. The lowest BCUT2D eigenvalue weighted by Gasteiger charge is -2.21. The van der Waals surface area contributed by atoms with E-state index in [9.17, 15) is 14.4 Å². The van der Waals surface area contributed by atoms with Gasteiger partial charge in [-0.15, -0.1) is 0 Å². The molecule has 0 aliphatic carbocycles. The number of carbonyl (C=O) groups excluding carboxylic acids is 3. The molecule has 2 rings (SSSR count). The third-order valence-electron chi connectivity index (χ3n) is 4.20. The maximum Gasteiger partial charge on any atom is 0.310 e. The van der Waals surface area contributed by atoms with Crippen molar-refractivity contribution in [3.8, 4) is 0 Å². The average molecular weight is 418 g/mol. The first kappa shape index (κ1) is 22.2. The summed E-state index contributed by atoms with van der Waals surface area (Å²) < 4.78 is 4.90. The van der Waals surface area contributed by atoms with Gasteiger partial charge in [0.15, 0.2) is 6.61 Å². The highest BCUT2D eigenvalue weighted by Crippen LogP contribution is 2.14. The summed E-state index contributed by atoms with van der Waals surface area (Å²) in [5, 5.41) is 0.569. The van der Waals surface area contributed by atoms with Crippen LogP contribution in [0.4, 0.5) is 5.69 Å². The fourth-order valence-electron chi connectivity index (χ4n) is 2.61. The molecular formula is C21H24ClN3O4. The van der Waals surface area contributed by atoms with Crippen molar-refractivity contribution in [1.82, 2.24) is 10.9 Å². The Kier molecular flexibility index (Phi) is 8.48. The molecule has 29 heavy (non-hydrogen) atoms. The Hall–Kier alpha value is -3.06. The first-order valence-corrected chi connectivity index (χ1v) is 9.65. The fraction of sp³-hybridized carbons (Fsp3) is 0.286. The molecule has 2 aromatic carbocycles. The lowest BCUT2D eigenvalue weighted by molar-refractivity contribution is -0.148. The molecule has 7 nitrogen and oxygen atoms in total. The molecule has 0 fully saturated rings. The van der Waals surface area contributed by atoms with Crippen molar-refractivity contribution in [2.45, 2.75) is 20.3 Å². The van der Waals surface area contributed by atoms with Gasteiger partial charge in [-0.1, -0.05) is 23.7 Å². The minimum absolute atomic E-state index is 0.0235. The Bertz CT molecular complexity index is 834. The van der Waals surface area contributed by atoms with Crippen molar-refractivity contribution in [2.24, 2.45) is 0 Å². The molecule has 0 spiro atoms. The van der Waals surface area contributed by atoms with Crippen LogP contribution in [0.25, 0.3) is 0 Å². The Balaban J connectivity index is 1.74. The highest BCUT2D eigenvalue weighted by molar-refractivity contribution is 6.30. The van der Waals surface area contributed by atoms with Gasteiger partial charge in [0.2, 0.25) is 0 Å². The summed E-state index contributed by atoms with van der Waals surface area (Å²) in [7, 11) is 0. The number of amides is 2. The molecule has 2 aromatic rings. The molecular weight excluding hydrogens is 394 g/mol. The largest absolute Gasteiger partial charge is 0.455 e. The van der Waals surface area contributed by atoms with Crippen LogP contribution in [0.3, 0.4) is 0 Å². The first-order valence-electron chi connectivity index (χ1n) is 9.27. The summed E-state index contributed by atoms with van der Waals surface area (Å²) >= 11 is 5.78. The minimum atomic E-state index is -0.637. The number of hydrogen-bond acceptors (Lipinski definition) is 5. The van der Waals surface area contributed by atoms with Gasteiger partial charge in [-0.25, -0.2) is 0 Å². The number of ether oxygens (including phenoxy) is 1. The van der Waals surface area contributed by atoms with Crippen molar-refractivity contribution in [3.05, 3.63) is 64.7 Å². The second-order valence-corrected chi connectivity index (χ2v) is 6.62. The molecule has 0 bridgehead atoms. The Morgan fingerprint density at radius 1 is 0.931 bits per heavy atom. The van der Waals surface area contributed by atoms with Crippen LogP contribution < -0.4 is 15.8 Å². The molecule has 0 aliphatic rings. The van der Waals surface area contributed by atoms with Crippen LogP contribution in [-0.2, 0) is 20.7 Å². The van der Waals surface area contributed by atoms with Gasteiger partial charge in [-0.2, -0.15) is 0 Å². The van der Waals surface area contributed by atoms with Crippen molar-refractivity contribution >= 4 is 35.1 Å². The molecule has 2 amide bonds. The van der Waals surface area contributed by atoms with Gasteiger partial charge in [0.1, 0.15) is 0 Å². The first-order chi connectivity index (χ1) is 13.9. The van der Waals surface area contributed by atoms with Crippen LogP contribution >= 0.6 is 11.6 Å². The zero-order chi connectivity index (χ0) is 21.2. The lowest BCUT2D eigenvalue weighted by Crippen LogP contribution is -2.43. The van der Waals surface area contributed by atoms with Crippen LogP contribution in [-0.4, -0.2) is 37.5 Å². The van der Waals surface area contributed by atoms with E-state index in [1.807, 2.05) is 12.1 Å². The van der Waals surface area contributed by atoms with E-state index in [2.05, 4.69) is 29.6 Å². The van der Waals surface area contributed by atoms with Gasteiger partial charge < -0.3 is 9.64 Å². The molecule has 0 unspecified atom stereocenters. The molecule has 8 heteroatoms. The van der Waals surface area contributed by atoms with Gasteiger partial charge >= 0.3 is 5.97 Å². The highest BCUT2D eigenvalue weighted by Gasteiger charge is 2.11. The summed E-state index contributed by atoms with van der Waals surface area (Å²) in [6.07, 6.45) is 0.0235. The standard InChI is InChI=1S/C21H24ClN3O4/c1-3-25(4-2)18-11-7-16(8-12-18)21(28)24-23-19(26)14-29-20(27)13-15-5-9-17(22)10-6-15/h5-12H,3-4,13-14H2,1-2H3,(H,23,26)(H,24,28). The van der Waals surface area contributed by atoms with Crippen LogP contribution in [0, 0.1) is 0 Å². The summed E-state index contributed by atoms with van der Waals surface area (Å²) in [5.74, 6) is -1.65. The predicted octanol–water partition coefficient (Wildman–Crippen LogP) is 2.73. The highest BCUT2D eigenvalue weighted by atomic mass is 35.5. The minimum Gasteiger partial charge on any atom is -0.455 e. The average Bonchev–Trinajstić information content (AvgIpc) is 2.73. The molecule has 2 N–H and O–H groups in total. The van der Waals surface area contributed by atoms with Crippen molar-refractivity contribution in [2.75, 3.05) is 24.6 Å². The lowest BCUT2D eigenvalue weighted by atomic mass is 10.1. The van der Waals surface area contributed by atoms with Crippen LogP contribution in [0.15, 0.2) is 48.5 Å². The van der Waals surface area contributed by atoms with E-state index in [-0.39, 0.29) is 6.42 Å². The fourth-order valence-corrected chi connectivity index (χ4v) is 2.74. The smallest absolute Gasteiger partial charge is 0.310 e. The maximum atomic E-state index is 12.1. The summed E-state index contributed by atoms with van der Waals surface area (Å²) in [6.45, 7) is 5.36. The summed E-state index contributed by atoms with van der Waals surface area (Å²) in [5.41, 5.74) is 6.66. The number of hydrogen-bond donors (Lipinski definition) is 2. The van der Waals surface area contributed by atoms with Gasteiger partial charge in [0, 0.05) is 29.4 Å². The Morgan fingerprint density at radius 2 is 1.55 bits per heavy atom. The van der Waals surface area contributed by atoms with E-state index >= 15 is 0 Å². The number of benzene rings is 2. The molecule has 0 aliphatic heterocycles. The summed E-state index contributed by atoms with van der Waals surface area (Å²) in [6, 6.07) is 13.8.